The first-order valence-electron chi connectivity index (χ1n) is 5.15. The highest BCUT2D eigenvalue weighted by Gasteiger charge is 2.14. The predicted octanol–water partition coefficient (Wildman–Crippen LogP) is 3.13. The Morgan fingerprint density at radius 3 is 2.62 bits per heavy atom. The molecule has 1 rings (SSSR count). The van der Waals surface area contributed by atoms with Gasteiger partial charge >= 0.3 is 5.97 Å². The summed E-state index contributed by atoms with van der Waals surface area (Å²) in [6.07, 6.45) is 0. The van der Waals surface area contributed by atoms with E-state index in [1.807, 2.05) is 11.9 Å². The van der Waals surface area contributed by atoms with Crippen molar-refractivity contribution in [1.82, 2.24) is 0 Å². The first kappa shape index (κ1) is 12.8. The molecule has 0 unspecified atom stereocenters. The molecular formula is C12H16ClNO2. The summed E-state index contributed by atoms with van der Waals surface area (Å²) in [4.78, 5) is 13.0. The Hall–Kier alpha value is -1.22. The van der Waals surface area contributed by atoms with Crippen LogP contribution in [0.4, 0.5) is 5.69 Å². The van der Waals surface area contributed by atoms with Crippen molar-refractivity contribution in [1.29, 1.82) is 0 Å². The van der Waals surface area contributed by atoms with Crippen LogP contribution in [0.2, 0.25) is 5.02 Å². The standard InChI is InChI=1S/C12H16ClNO2/c1-8(2)7-14(3)11-5-4-9(13)6-10(11)12(15)16/h4-6,8H,7H2,1-3H3,(H,15,16). The third-order valence-corrected chi connectivity index (χ3v) is 2.47. The van der Waals surface area contributed by atoms with Crippen LogP contribution < -0.4 is 4.90 Å². The highest BCUT2D eigenvalue weighted by molar-refractivity contribution is 6.31. The topological polar surface area (TPSA) is 40.5 Å². The molecule has 0 saturated carbocycles. The maximum absolute atomic E-state index is 11.1. The van der Waals surface area contributed by atoms with Crippen LogP contribution in [0, 0.1) is 5.92 Å². The number of nitrogens with zero attached hydrogens (tertiary/aromatic N) is 1. The lowest BCUT2D eigenvalue weighted by atomic mass is 10.1. The van der Waals surface area contributed by atoms with Gasteiger partial charge in [-0.1, -0.05) is 25.4 Å². The fraction of sp³-hybridized carbons (Fsp3) is 0.417. The minimum Gasteiger partial charge on any atom is -0.478 e. The summed E-state index contributed by atoms with van der Waals surface area (Å²) in [6.45, 7) is 4.99. The number of aromatic carboxylic acids is 1. The molecule has 0 fully saturated rings. The quantitative estimate of drug-likeness (QED) is 0.881. The van der Waals surface area contributed by atoms with Crippen molar-refractivity contribution in [3.63, 3.8) is 0 Å². The molecule has 3 nitrogen and oxygen atoms in total. The van der Waals surface area contributed by atoms with E-state index in [0.29, 0.717) is 16.6 Å². The average Bonchev–Trinajstić information content (AvgIpc) is 2.16. The number of hydrogen-bond acceptors (Lipinski definition) is 2. The molecule has 0 heterocycles. The first-order valence-corrected chi connectivity index (χ1v) is 5.53. The largest absolute Gasteiger partial charge is 0.478 e. The van der Waals surface area contributed by atoms with Gasteiger partial charge in [-0.3, -0.25) is 0 Å². The lowest BCUT2D eigenvalue weighted by Crippen LogP contribution is -2.24. The van der Waals surface area contributed by atoms with Gasteiger partial charge in [0.05, 0.1) is 11.3 Å². The van der Waals surface area contributed by atoms with E-state index in [9.17, 15) is 4.79 Å². The zero-order valence-electron chi connectivity index (χ0n) is 9.70. The number of rotatable bonds is 4. The van der Waals surface area contributed by atoms with Crippen LogP contribution in [0.25, 0.3) is 0 Å². The van der Waals surface area contributed by atoms with Crippen LogP contribution in [0.3, 0.4) is 0 Å². The van der Waals surface area contributed by atoms with Gasteiger partial charge in [0, 0.05) is 18.6 Å². The highest BCUT2D eigenvalue weighted by Crippen LogP contribution is 2.24. The smallest absolute Gasteiger partial charge is 0.337 e. The van der Waals surface area contributed by atoms with Crippen LogP contribution in [-0.4, -0.2) is 24.7 Å². The van der Waals surface area contributed by atoms with Crippen molar-refractivity contribution in [3.05, 3.63) is 28.8 Å². The Morgan fingerprint density at radius 2 is 2.12 bits per heavy atom. The number of hydrogen-bond donors (Lipinski definition) is 1. The van der Waals surface area contributed by atoms with E-state index in [1.54, 1.807) is 12.1 Å². The number of carbonyl (C=O) groups is 1. The van der Waals surface area contributed by atoms with E-state index in [-0.39, 0.29) is 5.56 Å². The van der Waals surface area contributed by atoms with Crippen LogP contribution in [0.15, 0.2) is 18.2 Å². The number of anilines is 1. The van der Waals surface area contributed by atoms with Gasteiger partial charge in [-0.05, 0) is 24.1 Å². The lowest BCUT2D eigenvalue weighted by molar-refractivity contribution is 0.0697. The van der Waals surface area contributed by atoms with E-state index in [4.69, 9.17) is 16.7 Å². The average molecular weight is 242 g/mol. The molecule has 0 aliphatic heterocycles. The minimum absolute atomic E-state index is 0.246. The third kappa shape index (κ3) is 3.14. The van der Waals surface area contributed by atoms with Crippen molar-refractivity contribution in [2.75, 3.05) is 18.5 Å². The van der Waals surface area contributed by atoms with Crippen molar-refractivity contribution in [2.24, 2.45) is 5.92 Å². The van der Waals surface area contributed by atoms with E-state index in [0.717, 1.165) is 6.54 Å². The van der Waals surface area contributed by atoms with Gasteiger partial charge in [0.2, 0.25) is 0 Å². The third-order valence-electron chi connectivity index (χ3n) is 2.24. The second kappa shape index (κ2) is 5.21. The van der Waals surface area contributed by atoms with Crippen molar-refractivity contribution < 1.29 is 9.90 Å². The monoisotopic (exact) mass is 241 g/mol. The van der Waals surface area contributed by atoms with Crippen LogP contribution in [0.1, 0.15) is 24.2 Å². The molecule has 0 radical (unpaired) electrons. The molecule has 1 aromatic rings. The van der Waals surface area contributed by atoms with E-state index in [2.05, 4.69) is 13.8 Å². The molecule has 1 N–H and O–H groups in total. The van der Waals surface area contributed by atoms with Crippen LogP contribution in [-0.2, 0) is 0 Å². The summed E-state index contributed by atoms with van der Waals surface area (Å²) in [6, 6.07) is 4.93. The number of halogens is 1. The molecule has 0 spiro atoms. The van der Waals surface area contributed by atoms with Gasteiger partial charge in [0.25, 0.3) is 0 Å². The van der Waals surface area contributed by atoms with Crippen molar-refractivity contribution in [3.8, 4) is 0 Å². The Labute approximate surface area is 101 Å². The summed E-state index contributed by atoms with van der Waals surface area (Å²) in [5.41, 5.74) is 0.946. The second-order valence-corrected chi connectivity index (χ2v) is 4.68. The fourth-order valence-electron chi connectivity index (χ4n) is 1.66. The Morgan fingerprint density at radius 1 is 1.50 bits per heavy atom. The molecule has 0 aromatic heterocycles. The minimum atomic E-state index is -0.951. The highest BCUT2D eigenvalue weighted by atomic mass is 35.5. The van der Waals surface area contributed by atoms with Gasteiger partial charge in [-0.2, -0.15) is 0 Å². The normalized spacial score (nSPS) is 10.6. The molecule has 1 aromatic carbocycles. The number of carboxylic acid groups (broad SMARTS) is 1. The van der Waals surface area contributed by atoms with Gasteiger partial charge in [0.1, 0.15) is 0 Å². The maximum Gasteiger partial charge on any atom is 0.337 e. The molecule has 0 bridgehead atoms. The molecule has 0 amide bonds. The van der Waals surface area contributed by atoms with Gasteiger partial charge < -0.3 is 10.0 Å². The second-order valence-electron chi connectivity index (χ2n) is 4.24. The summed E-state index contributed by atoms with van der Waals surface area (Å²) in [5, 5.41) is 9.53. The molecule has 16 heavy (non-hydrogen) atoms. The van der Waals surface area contributed by atoms with E-state index in [1.165, 1.54) is 6.07 Å². The van der Waals surface area contributed by atoms with Crippen LogP contribution >= 0.6 is 11.6 Å². The Balaban J connectivity index is 3.07. The molecule has 0 aliphatic rings. The Kier molecular flexibility index (Phi) is 4.19. The van der Waals surface area contributed by atoms with Crippen molar-refractivity contribution in [2.45, 2.75) is 13.8 Å². The summed E-state index contributed by atoms with van der Waals surface area (Å²) in [7, 11) is 1.88. The predicted molar refractivity (Wildman–Crippen MR) is 66.5 cm³/mol. The SMILES string of the molecule is CC(C)CN(C)c1ccc(Cl)cc1C(=O)O. The molecular weight excluding hydrogens is 226 g/mol. The van der Waals surface area contributed by atoms with Crippen LogP contribution in [0.5, 0.6) is 0 Å². The molecule has 4 heteroatoms. The number of carboxylic acids is 1. The molecule has 88 valence electrons. The Bertz CT molecular complexity index is 391. The molecule has 0 saturated heterocycles. The van der Waals surface area contributed by atoms with Gasteiger partial charge in [-0.15, -0.1) is 0 Å². The van der Waals surface area contributed by atoms with Gasteiger partial charge in [0.15, 0.2) is 0 Å². The van der Waals surface area contributed by atoms with E-state index < -0.39 is 5.97 Å². The summed E-state index contributed by atoms with van der Waals surface area (Å²) < 4.78 is 0. The molecule has 0 atom stereocenters. The lowest BCUT2D eigenvalue weighted by Gasteiger charge is -2.23. The fourth-order valence-corrected chi connectivity index (χ4v) is 1.83. The molecule has 0 aliphatic carbocycles. The van der Waals surface area contributed by atoms with Crippen molar-refractivity contribution >= 4 is 23.3 Å². The summed E-state index contributed by atoms with van der Waals surface area (Å²) >= 11 is 5.79. The van der Waals surface area contributed by atoms with Gasteiger partial charge in [-0.25, -0.2) is 4.79 Å². The zero-order valence-corrected chi connectivity index (χ0v) is 10.5. The zero-order chi connectivity index (χ0) is 12.3. The maximum atomic E-state index is 11.1. The van der Waals surface area contributed by atoms with E-state index >= 15 is 0 Å². The number of benzene rings is 1. The summed E-state index contributed by atoms with van der Waals surface area (Å²) in [5.74, 6) is -0.476. The first-order chi connectivity index (χ1) is 7.41.